The molecule has 0 aromatic carbocycles. The third-order valence-electron chi connectivity index (χ3n) is 2.98. The molecule has 5 heteroatoms. The average molecular weight is 237 g/mol. The van der Waals surface area contributed by atoms with E-state index in [0.717, 1.165) is 12.3 Å². The topological polar surface area (TPSA) is 57.5 Å². The highest BCUT2D eigenvalue weighted by Crippen LogP contribution is 2.13. The summed E-state index contributed by atoms with van der Waals surface area (Å²) in [6.45, 7) is 4.19. The molecule has 1 aromatic heterocycles. The Bertz CT molecular complexity index is 364. The molecule has 1 saturated heterocycles. The van der Waals surface area contributed by atoms with E-state index in [2.05, 4.69) is 15.5 Å². The first kappa shape index (κ1) is 12.1. The second kappa shape index (κ2) is 5.33. The molecule has 2 unspecified atom stereocenters. The van der Waals surface area contributed by atoms with E-state index in [0.29, 0.717) is 13.1 Å². The average Bonchev–Trinajstić information content (AvgIpc) is 2.76. The summed E-state index contributed by atoms with van der Waals surface area (Å²) in [4.78, 5) is 14.1. The van der Waals surface area contributed by atoms with Crippen molar-refractivity contribution in [3.05, 3.63) is 24.2 Å². The molecule has 0 spiro atoms. The van der Waals surface area contributed by atoms with Crippen LogP contribution in [0.1, 0.15) is 12.7 Å². The van der Waals surface area contributed by atoms with E-state index in [-0.39, 0.29) is 18.0 Å². The molecule has 1 amide bonds. The molecule has 1 aliphatic heterocycles. The molecule has 1 aliphatic rings. The molecule has 2 atom stereocenters. The van der Waals surface area contributed by atoms with E-state index in [4.69, 9.17) is 4.42 Å². The molecule has 0 saturated carbocycles. The van der Waals surface area contributed by atoms with Gasteiger partial charge in [-0.1, -0.05) is 0 Å². The van der Waals surface area contributed by atoms with Crippen molar-refractivity contribution < 1.29 is 9.21 Å². The Balaban J connectivity index is 2.07. The predicted octanol–water partition coefficient (Wildman–Crippen LogP) is 0.188. The lowest BCUT2D eigenvalue weighted by atomic mass is 10.1. The molecule has 0 bridgehead atoms. The molecule has 1 aromatic rings. The number of carbonyl (C=O) groups excluding carboxylic acids is 1. The summed E-state index contributed by atoms with van der Waals surface area (Å²) in [6.07, 6.45) is 1.66. The third kappa shape index (κ3) is 2.87. The molecule has 2 N–H and O–H groups in total. The van der Waals surface area contributed by atoms with Crippen LogP contribution in [0.15, 0.2) is 22.8 Å². The Labute approximate surface area is 101 Å². The van der Waals surface area contributed by atoms with Gasteiger partial charge in [0.05, 0.1) is 12.8 Å². The van der Waals surface area contributed by atoms with E-state index in [9.17, 15) is 4.79 Å². The summed E-state index contributed by atoms with van der Waals surface area (Å²) in [5.74, 6) is 0.984. The molecular weight excluding hydrogens is 218 g/mol. The molecule has 94 valence electrons. The van der Waals surface area contributed by atoms with E-state index in [1.807, 2.05) is 26.1 Å². The Kier molecular flexibility index (Phi) is 3.81. The number of amides is 1. The van der Waals surface area contributed by atoms with E-state index in [1.54, 1.807) is 6.26 Å². The smallest absolute Gasteiger partial charge is 0.238 e. The highest BCUT2D eigenvalue weighted by molar-refractivity contribution is 5.83. The van der Waals surface area contributed by atoms with Gasteiger partial charge in [0, 0.05) is 19.1 Å². The third-order valence-corrected chi connectivity index (χ3v) is 2.98. The van der Waals surface area contributed by atoms with Gasteiger partial charge in [0.1, 0.15) is 11.8 Å². The van der Waals surface area contributed by atoms with Gasteiger partial charge in [-0.15, -0.1) is 0 Å². The Morgan fingerprint density at radius 2 is 2.47 bits per heavy atom. The predicted molar refractivity (Wildman–Crippen MR) is 64.4 cm³/mol. The lowest BCUT2D eigenvalue weighted by molar-refractivity contribution is -0.130. The molecule has 2 rings (SSSR count). The van der Waals surface area contributed by atoms with Crippen molar-refractivity contribution in [3.8, 4) is 0 Å². The van der Waals surface area contributed by atoms with Gasteiger partial charge in [-0.05, 0) is 26.1 Å². The summed E-state index contributed by atoms with van der Waals surface area (Å²) in [5, 5.41) is 6.03. The number of piperazine rings is 1. The summed E-state index contributed by atoms with van der Waals surface area (Å²) >= 11 is 0. The van der Waals surface area contributed by atoms with Gasteiger partial charge >= 0.3 is 0 Å². The maximum absolute atomic E-state index is 11.9. The van der Waals surface area contributed by atoms with Gasteiger partial charge in [-0.3, -0.25) is 9.69 Å². The Morgan fingerprint density at radius 1 is 1.65 bits per heavy atom. The normalized spacial score (nSPS) is 25.9. The fraction of sp³-hybridized carbons (Fsp3) is 0.583. The molecule has 0 radical (unpaired) electrons. The maximum atomic E-state index is 11.9. The van der Waals surface area contributed by atoms with Gasteiger partial charge in [0.25, 0.3) is 0 Å². The molecule has 17 heavy (non-hydrogen) atoms. The van der Waals surface area contributed by atoms with Gasteiger partial charge in [-0.2, -0.15) is 0 Å². The summed E-state index contributed by atoms with van der Waals surface area (Å²) in [6, 6.07) is 3.87. The number of furan rings is 1. The zero-order valence-electron chi connectivity index (χ0n) is 10.3. The van der Waals surface area contributed by atoms with Crippen LogP contribution >= 0.6 is 0 Å². The molecule has 5 nitrogen and oxygen atoms in total. The molecular formula is C12H19N3O2. The number of hydrogen-bond donors (Lipinski definition) is 2. The summed E-state index contributed by atoms with van der Waals surface area (Å²) in [7, 11) is 1.86. The number of nitrogens with one attached hydrogen (secondary N) is 2. The fourth-order valence-electron chi connectivity index (χ4n) is 2.22. The van der Waals surface area contributed by atoms with E-state index < -0.39 is 0 Å². The van der Waals surface area contributed by atoms with Crippen molar-refractivity contribution in [2.24, 2.45) is 0 Å². The monoisotopic (exact) mass is 237 g/mol. The van der Waals surface area contributed by atoms with Crippen LogP contribution < -0.4 is 10.6 Å². The lowest BCUT2D eigenvalue weighted by Gasteiger charge is -2.37. The van der Waals surface area contributed by atoms with E-state index in [1.165, 1.54) is 0 Å². The van der Waals surface area contributed by atoms with Crippen molar-refractivity contribution in [2.45, 2.75) is 25.6 Å². The first-order valence-electron chi connectivity index (χ1n) is 5.92. The highest BCUT2D eigenvalue weighted by atomic mass is 16.3. The SMILES string of the molecule is CNCC1C(=O)NC(C)CN1Cc1ccco1. The minimum atomic E-state index is -0.124. The quantitative estimate of drug-likeness (QED) is 0.785. The second-order valence-corrected chi connectivity index (χ2v) is 4.49. The first-order valence-corrected chi connectivity index (χ1v) is 5.92. The van der Waals surface area contributed by atoms with Gasteiger partial charge in [0.15, 0.2) is 0 Å². The first-order chi connectivity index (χ1) is 8.20. The van der Waals surface area contributed by atoms with Crippen molar-refractivity contribution in [3.63, 3.8) is 0 Å². The molecule has 0 aliphatic carbocycles. The van der Waals surface area contributed by atoms with Crippen LogP contribution in [-0.2, 0) is 11.3 Å². The van der Waals surface area contributed by atoms with Gasteiger partial charge in [0.2, 0.25) is 5.91 Å². The standard InChI is InChI=1S/C12H19N3O2/c1-9-7-15(8-10-4-3-5-17-10)11(6-13-2)12(16)14-9/h3-5,9,11,13H,6-8H2,1-2H3,(H,14,16). The van der Waals surface area contributed by atoms with Crippen LogP contribution in [0.5, 0.6) is 0 Å². The Morgan fingerprint density at radius 3 is 3.12 bits per heavy atom. The second-order valence-electron chi connectivity index (χ2n) is 4.49. The number of carbonyl (C=O) groups is 1. The van der Waals surface area contributed by atoms with E-state index >= 15 is 0 Å². The minimum Gasteiger partial charge on any atom is -0.468 e. The molecule has 1 fully saturated rings. The molecule has 2 heterocycles. The van der Waals surface area contributed by atoms with Crippen LogP contribution in [0.4, 0.5) is 0 Å². The fourth-order valence-corrected chi connectivity index (χ4v) is 2.22. The van der Waals surface area contributed by atoms with Gasteiger partial charge in [-0.25, -0.2) is 0 Å². The largest absolute Gasteiger partial charge is 0.468 e. The number of rotatable bonds is 4. The van der Waals surface area contributed by atoms with Gasteiger partial charge < -0.3 is 15.1 Å². The van der Waals surface area contributed by atoms with Crippen molar-refractivity contribution >= 4 is 5.91 Å². The van der Waals surface area contributed by atoms with Crippen LogP contribution in [-0.4, -0.2) is 43.0 Å². The highest BCUT2D eigenvalue weighted by Gasteiger charge is 2.32. The number of likely N-dealkylation sites (N-methyl/N-ethyl adjacent to an activating group) is 1. The van der Waals surface area contributed by atoms with Crippen molar-refractivity contribution in [1.29, 1.82) is 0 Å². The van der Waals surface area contributed by atoms with Crippen LogP contribution in [0.25, 0.3) is 0 Å². The van der Waals surface area contributed by atoms with Crippen LogP contribution in [0.2, 0.25) is 0 Å². The number of nitrogens with zero attached hydrogens (tertiary/aromatic N) is 1. The van der Waals surface area contributed by atoms with Crippen molar-refractivity contribution in [2.75, 3.05) is 20.1 Å². The number of hydrogen-bond acceptors (Lipinski definition) is 4. The van der Waals surface area contributed by atoms with Crippen LogP contribution in [0, 0.1) is 0 Å². The Hall–Kier alpha value is -1.33. The minimum absolute atomic E-state index is 0.0876. The summed E-state index contributed by atoms with van der Waals surface area (Å²) in [5.41, 5.74) is 0. The lowest BCUT2D eigenvalue weighted by Crippen LogP contribution is -2.61. The zero-order chi connectivity index (χ0) is 12.3. The van der Waals surface area contributed by atoms with Crippen molar-refractivity contribution in [1.82, 2.24) is 15.5 Å². The summed E-state index contributed by atoms with van der Waals surface area (Å²) < 4.78 is 5.34. The van der Waals surface area contributed by atoms with Crippen LogP contribution in [0.3, 0.4) is 0 Å². The maximum Gasteiger partial charge on any atom is 0.238 e. The zero-order valence-corrected chi connectivity index (χ0v) is 10.3.